The van der Waals surface area contributed by atoms with E-state index in [0.717, 1.165) is 13.1 Å². The van der Waals surface area contributed by atoms with E-state index in [1.54, 1.807) is 5.54 Å². The molecule has 2 nitrogen and oxygen atoms in total. The van der Waals surface area contributed by atoms with Crippen molar-refractivity contribution in [1.82, 2.24) is 10.2 Å². The number of nitrogens with one attached hydrogen (secondary N) is 1. The number of hydrogen-bond donors (Lipinski definition) is 1. The fourth-order valence-corrected chi connectivity index (χ4v) is 2.98. The Morgan fingerprint density at radius 1 is 1.47 bits per heavy atom. The van der Waals surface area contributed by atoms with Crippen LogP contribution in [-0.4, -0.2) is 36.1 Å². The minimum Gasteiger partial charge on any atom is -0.308 e. The Bertz CT molecular complexity index is 234. The Balaban J connectivity index is 1.97. The molecule has 0 bridgehead atoms. The number of rotatable bonds is 2. The second-order valence-electron chi connectivity index (χ2n) is 5.01. The van der Waals surface area contributed by atoms with Gasteiger partial charge in [0.2, 0.25) is 0 Å². The number of piperazine rings is 1. The Morgan fingerprint density at radius 3 is 2.87 bits per heavy atom. The van der Waals surface area contributed by atoms with Gasteiger partial charge in [-0.25, -0.2) is 0 Å². The minimum atomic E-state index is 0.423. The molecule has 1 spiro atoms. The molecule has 1 saturated carbocycles. The molecule has 1 saturated heterocycles. The van der Waals surface area contributed by atoms with Crippen LogP contribution in [0.1, 0.15) is 32.6 Å². The van der Waals surface area contributed by atoms with Gasteiger partial charge in [-0.15, -0.1) is 0 Å². The zero-order valence-electron chi connectivity index (χ0n) is 9.51. The molecule has 2 rings (SSSR count). The highest BCUT2D eigenvalue weighted by Crippen LogP contribution is 2.32. The number of halogens is 1. The van der Waals surface area contributed by atoms with Crippen molar-refractivity contribution in [2.24, 2.45) is 0 Å². The van der Waals surface area contributed by atoms with E-state index in [1.807, 2.05) is 6.08 Å². The summed E-state index contributed by atoms with van der Waals surface area (Å²) in [6.07, 6.45) is 7.52. The van der Waals surface area contributed by atoms with E-state index >= 15 is 0 Å². The van der Waals surface area contributed by atoms with Crippen molar-refractivity contribution in [2.45, 2.75) is 44.2 Å². The lowest BCUT2D eigenvalue weighted by Gasteiger charge is -2.45. The molecule has 3 heteroatoms. The molecule has 1 aliphatic heterocycles. The van der Waals surface area contributed by atoms with Crippen molar-refractivity contribution >= 4 is 11.6 Å². The summed E-state index contributed by atoms with van der Waals surface area (Å²) in [4.78, 5) is 2.54. The lowest BCUT2D eigenvalue weighted by Crippen LogP contribution is -2.62. The summed E-state index contributed by atoms with van der Waals surface area (Å²) in [5.41, 5.74) is 2.06. The van der Waals surface area contributed by atoms with Gasteiger partial charge in [-0.1, -0.05) is 30.5 Å². The third-order valence-corrected chi connectivity index (χ3v) is 4.07. The van der Waals surface area contributed by atoms with Crippen molar-refractivity contribution in [1.29, 1.82) is 0 Å². The maximum Gasteiger partial charge on any atom is 0.0309 e. The topological polar surface area (TPSA) is 15.3 Å². The first-order chi connectivity index (χ1) is 7.26. The first-order valence-corrected chi connectivity index (χ1v) is 6.44. The average molecular weight is 229 g/mol. The zero-order valence-corrected chi connectivity index (χ0v) is 10.3. The van der Waals surface area contributed by atoms with Crippen LogP contribution in [-0.2, 0) is 0 Å². The van der Waals surface area contributed by atoms with Gasteiger partial charge in [0, 0.05) is 36.8 Å². The highest BCUT2D eigenvalue weighted by atomic mass is 35.5. The molecule has 86 valence electrons. The molecule has 0 aromatic heterocycles. The van der Waals surface area contributed by atoms with Crippen molar-refractivity contribution in [3.05, 3.63) is 11.6 Å². The lowest BCUT2D eigenvalue weighted by molar-refractivity contribution is 0.101. The summed E-state index contributed by atoms with van der Waals surface area (Å²) in [7, 11) is 0. The van der Waals surface area contributed by atoms with Crippen molar-refractivity contribution in [3.63, 3.8) is 0 Å². The third kappa shape index (κ3) is 2.55. The van der Waals surface area contributed by atoms with Gasteiger partial charge < -0.3 is 5.32 Å². The van der Waals surface area contributed by atoms with Gasteiger partial charge in [0.1, 0.15) is 0 Å². The molecular formula is C12H21ClN2. The summed E-state index contributed by atoms with van der Waals surface area (Å²) >= 11 is 5.60. The standard InChI is InChI=1S/C12H21ClN2/c1-11-9-14-12(5-2-3-6-12)10-15(11)8-4-7-13/h4,7,11,14H,2-3,5-6,8-10H2,1H3/b7-4+. The van der Waals surface area contributed by atoms with Gasteiger partial charge in [0.25, 0.3) is 0 Å². The summed E-state index contributed by atoms with van der Waals surface area (Å²) in [5.74, 6) is 0. The predicted octanol–water partition coefficient (Wildman–Crippen LogP) is 2.35. The maximum absolute atomic E-state index is 5.60. The van der Waals surface area contributed by atoms with E-state index in [1.165, 1.54) is 32.2 Å². The van der Waals surface area contributed by atoms with Gasteiger partial charge in [0.05, 0.1) is 0 Å². The first-order valence-electron chi connectivity index (χ1n) is 6.00. The van der Waals surface area contributed by atoms with Crippen LogP contribution in [0.25, 0.3) is 0 Å². The molecule has 1 atom stereocenters. The van der Waals surface area contributed by atoms with Gasteiger partial charge in [0.15, 0.2) is 0 Å². The smallest absolute Gasteiger partial charge is 0.0309 e. The molecular weight excluding hydrogens is 208 g/mol. The second kappa shape index (κ2) is 4.86. The maximum atomic E-state index is 5.60. The summed E-state index contributed by atoms with van der Waals surface area (Å²) < 4.78 is 0. The Morgan fingerprint density at radius 2 is 2.20 bits per heavy atom. The van der Waals surface area contributed by atoms with Crippen LogP contribution in [0.15, 0.2) is 11.6 Å². The number of nitrogens with zero attached hydrogens (tertiary/aromatic N) is 1. The fraction of sp³-hybridized carbons (Fsp3) is 0.833. The third-order valence-electron chi connectivity index (χ3n) is 3.89. The lowest BCUT2D eigenvalue weighted by atomic mass is 9.92. The van der Waals surface area contributed by atoms with Gasteiger partial charge in [-0.05, 0) is 19.8 Å². The van der Waals surface area contributed by atoms with Gasteiger partial charge in [-0.3, -0.25) is 4.90 Å². The largest absolute Gasteiger partial charge is 0.308 e. The van der Waals surface area contributed by atoms with Crippen LogP contribution in [0.3, 0.4) is 0 Å². The van der Waals surface area contributed by atoms with Gasteiger partial charge in [-0.2, -0.15) is 0 Å². The monoisotopic (exact) mass is 228 g/mol. The van der Waals surface area contributed by atoms with Crippen LogP contribution >= 0.6 is 11.6 Å². The first kappa shape index (κ1) is 11.4. The van der Waals surface area contributed by atoms with Crippen molar-refractivity contribution < 1.29 is 0 Å². The quantitative estimate of drug-likeness (QED) is 0.781. The molecule has 1 aliphatic carbocycles. The van der Waals surface area contributed by atoms with Crippen LogP contribution in [0.5, 0.6) is 0 Å². The zero-order chi connectivity index (χ0) is 10.7. The van der Waals surface area contributed by atoms with E-state index in [0.29, 0.717) is 11.6 Å². The average Bonchev–Trinajstić information content (AvgIpc) is 2.69. The van der Waals surface area contributed by atoms with Gasteiger partial charge >= 0.3 is 0 Å². The van der Waals surface area contributed by atoms with E-state index in [2.05, 4.69) is 17.1 Å². The van der Waals surface area contributed by atoms with Crippen LogP contribution in [0, 0.1) is 0 Å². The Kier molecular flexibility index (Phi) is 3.70. The number of hydrogen-bond acceptors (Lipinski definition) is 2. The molecule has 2 fully saturated rings. The van der Waals surface area contributed by atoms with Crippen molar-refractivity contribution in [3.8, 4) is 0 Å². The predicted molar refractivity (Wildman–Crippen MR) is 65.2 cm³/mol. The van der Waals surface area contributed by atoms with E-state index < -0.39 is 0 Å². The molecule has 2 aliphatic rings. The van der Waals surface area contributed by atoms with E-state index in [4.69, 9.17) is 11.6 Å². The Hall–Kier alpha value is -0.0500. The van der Waals surface area contributed by atoms with Crippen LogP contribution in [0.2, 0.25) is 0 Å². The molecule has 1 N–H and O–H groups in total. The normalized spacial score (nSPS) is 31.7. The molecule has 1 unspecified atom stereocenters. The summed E-state index contributed by atoms with van der Waals surface area (Å²) in [6.45, 7) is 5.59. The van der Waals surface area contributed by atoms with Crippen LogP contribution < -0.4 is 5.32 Å². The molecule has 15 heavy (non-hydrogen) atoms. The second-order valence-corrected chi connectivity index (χ2v) is 5.26. The van der Waals surface area contributed by atoms with Crippen LogP contribution in [0.4, 0.5) is 0 Å². The van der Waals surface area contributed by atoms with Crippen molar-refractivity contribution in [2.75, 3.05) is 19.6 Å². The molecule has 0 aromatic rings. The Labute approximate surface area is 97.7 Å². The highest BCUT2D eigenvalue weighted by molar-refractivity contribution is 6.25. The van der Waals surface area contributed by atoms with E-state index in [9.17, 15) is 0 Å². The molecule has 1 heterocycles. The fourth-order valence-electron chi connectivity index (χ4n) is 2.90. The molecule has 0 aromatic carbocycles. The molecule has 0 radical (unpaired) electrons. The minimum absolute atomic E-state index is 0.423. The molecule has 0 amide bonds. The SMILES string of the molecule is CC1CNC2(CCCC2)CN1C/C=C/Cl. The van der Waals surface area contributed by atoms with E-state index in [-0.39, 0.29) is 0 Å². The highest BCUT2D eigenvalue weighted by Gasteiger charge is 2.39. The summed E-state index contributed by atoms with van der Waals surface area (Å²) in [6, 6.07) is 0.629. The summed E-state index contributed by atoms with van der Waals surface area (Å²) in [5, 5.41) is 3.75.